The van der Waals surface area contributed by atoms with Crippen LogP contribution in [-0.2, 0) is 20.8 Å². The molecule has 2 saturated heterocycles. The molecule has 0 radical (unpaired) electrons. The third-order valence-corrected chi connectivity index (χ3v) is 10.5. The number of hydrogen-bond donors (Lipinski definition) is 8. The van der Waals surface area contributed by atoms with Crippen molar-refractivity contribution in [2.24, 2.45) is 0 Å². The highest BCUT2D eigenvalue weighted by Crippen LogP contribution is 2.41. The number of amides is 7. The minimum atomic E-state index is -2.08. The lowest BCUT2D eigenvalue weighted by molar-refractivity contribution is -0.156. The molecule has 23 heteroatoms. The number of aromatic carboxylic acids is 1. The molecule has 3 aliphatic heterocycles. The van der Waals surface area contributed by atoms with E-state index < -0.39 is 106 Å². The quantitative estimate of drug-likeness (QED) is 0.0970. The molecule has 300 valence electrons. The Morgan fingerprint density at radius 2 is 1.60 bits per heavy atom. The number of fused-ring (bicyclic) bond motifs is 1. The van der Waals surface area contributed by atoms with E-state index in [1.807, 2.05) is 0 Å². The zero-order chi connectivity index (χ0) is 41.5. The highest BCUT2D eigenvalue weighted by molar-refractivity contribution is 6.47. The smallest absolute Gasteiger partial charge is 0.534 e. The molecule has 2 atom stereocenters. The van der Waals surface area contributed by atoms with Crippen molar-refractivity contribution >= 4 is 71.8 Å². The Labute approximate surface area is 330 Å². The number of carboxylic acid groups (broad SMARTS) is 1. The van der Waals surface area contributed by atoms with Gasteiger partial charge in [0.1, 0.15) is 33.9 Å². The fraction of sp³-hybridized carbons (Fsp3) is 0.294. The molecule has 0 aromatic heterocycles. The Hall–Kier alpha value is -6.06. The standard InChI is InChI=1S/C34H31BCl2F2N6O12/c36-23-16(13-18(39)26(47)27(23)48)25(29(49)41-21-12-14-4-5-17(38)22(32(52)53)28(14)57-35(21)56)42-34(55)45-11-10-44(30(50)31(45)51)15-6-8-43(9-7-15)33(54)40-19-2-1-3-20(46)24(19)37/h1-5,13,15,21,25,46-48,56H,6-12H2,(H,40,54)(H,41,49)(H,42,55)(H,52,53). The molecule has 2 unspecified atom stereocenters. The number of carboxylic acids is 1. The van der Waals surface area contributed by atoms with Gasteiger partial charge in [0.25, 0.3) is 0 Å². The molecular weight excluding hydrogens is 804 g/mol. The molecule has 3 aromatic carbocycles. The van der Waals surface area contributed by atoms with E-state index in [1.54, 1.807) is 0 Å². The zero-order valence-electron chi connectivity index (χ0n) is 29.2. The first-order valence-electron chi connectivity index (χ1n) is 17.0. The van der Waals surface area contributed by atoms with Gasteiger partial charge in [-0.05, 0) is 49.1 Å². The number of phenols is 3. The van der Waals surface area contributed by atoms with E-state index in [1.165, 1.54) is 28.0 Å². The largest absolute Gasteiger partial charge is 0.547 e. The molecule has 0 bridgehead atoms. The van der Waals surface area contributed by atoms with Gasteiger partial charge < -0.3 is 55.9 Å². The van der Waals surface area contributed by atoms with Gasteiger partial charge in [0.05, 0.1) is 16.7 Å². The number of likely N-dealkylation sites (tertiary alicyclic amines) is 1. The number of carbonyl (C=O) groups excluding carboxylic acids is 5. The Morgan fingerprint density at radius 1 is 0.895 bits per heavy atom. The van der Waals surface area contributed by atoms with Crippen LogP contribution >= 0.6 is 23.2 Å². The van der Waals surface area contributed by atoms with Gasteiger partial charge in [-0.1, -0.05) is 35.3 Å². The predicted octanol–water partition coefficient (Wildman–Crippen LogP) is 2.34. The van der Waals surface area contributed by atoms with E-state index >= 15 is 0 Å². The van der Waals surface area contributed by atoms with E-state index in [-0.39, 0.29) is 67.5 Å². The van der Waals surface area contributed by atoms with Crippen LogP contribution in [0, 0.1) is 11.6 Å². The van der Waals surface area contributed by atoms with Crippen molar-refractivity contribution in [3.8, 4) is 23.0 Å². The number of imide groups is 1. The number of anilines is 1. The second-order valence-corrected chi connectivity index (χ2v) is 13.9. The molecule has 0 aliphatic carbocycles. The van der Waals surface area contributed by atoms with Gasteiger partial charge in [-0.3, -0.25) is 19.3 Å². The molecule has 2 fully saturated rings. The average molecular weight is 835 g/mol. The van der Waals surface area contributed by atoms with E-state index in [0.29, 0.717) is 11.0 Å². The number of piperidine rings is 1. The molecule has 8 N–H and O–H groups in total. The maximum absolute atomic E-state index is 14.7. The number of benzene rings is 3. The fourth-order valence-corrected chi connectivity index (χ4v) is 7.15. The molecule has 3 aromatic rings. The topological polar surface area (TPSA) is 259 Å². The normalized spacial score (nSPS) is 17.7. The lowest BCUT2D eigenvalue weighted by atomic mass is 9.72. The van der Waals surface area contributed by atoms with Gasteiger partial charge in [0, 0.05) is 37.8 Å². The number of carbonyl (C=O) groups is 6. The number of nitrogens with zero attached hydrogens (tertiary/aromatic N) is 3. The number of hydrogen-bond acceptors (Lipinski definition) is 11. The molecule has 7 amide bonds. The maximum Gasteiger partial charge on any atom is 0.547 e. The summed E-state index contributed by atoms with van der Waals surface area (Å²) in [5, 5.41) is 56.3. The van der Waals surface area contributed by atoms with Crippen LogP contribution in [0.15, 0.2) is 36.4 Å². The lowest BCUT2D eigenvalue weighted by Crippen LogP contribution is -2.62. The lowest BCUT2D eigenvalue weighted by Gasteiger charge is -2.41. The van der Waals surface area contributed by atoms with Gasteiger partial charge in [-0.25, -0.2) is 23.2 Å². The van der Waals surface area contributed by atoms with Crippen molar-refractivity contribution in [2.75, 3.05) is 31.5 Å². The summed E-state index contributed by atoms with van der Waals surface area (Å²) in [7, 11) is -1.98. The highest BCUT2D eigenvalue weighted by Gasteiger charge is 2.44. The van der Waals surface area contributed by atoms with Crippen molar-refractivity contribution < 1.29 is 67.7 Å². The maximum atomic E-state index is 14.7. The minimum Gasteiger partial charge on any atom is -0.534 e. The van der Waals surface area contributed by atoms with Gasteiger partial charge in [0.2, 0.25) is 5.91 Å². The van der Waals surface area contributed by atoms with Gasteiger partial charge in [-0.15, -0.1) is 0 Å². The third kappa shape index (κ3) is 7.98. The molecule has 0 spiro atoms. The summed E-state index contributed by atoms with van der Waals surface area (Å²) in [6.45, 7) is -0.179. The highest BCUT2D eigenvalue weighted by atomic mass is 35.5. The third-order valence-electron chi connectivity index (χ3n) is 9.70. The number of aromatic hydroxyl groups is 3. The molecule has 57 heavy (non-hydrogen) atoms. The van der Waals surface area contributed by atoms with E-state index in [9.17, 15) is 63.0 Å². The first kappa shape index (κ1) is 40.6. The number of piperazine rings is 1. The zero-order valence-corrected chi connectivity index (χ0v) is 30.7. The van der Waals surface area contributed by atoms with Crippen LogP contribution in [0.5, 0.6) is 23.0 Å². The van der Waals surface area contributed by atoms with Crippen LogP contribution in [0.25, 0.3) is 0 Å². The average Bonchev–Trinajstić information content (AvgIpc) is 3.17. The Morgan fingerprint density at radius 3 is 2.28 bits per heavy atom. The molecule has 3 aliphatic rings. The second-order valence-electron chi connectivity index (χ2n) is 13.1. The van der Waals surface area contributed by atoms with E-state index in [0.717, 1.165) is 12.1 Å². The number of urea groups is 2. The van der Waals surface area contributed by atoms with Crippen molar-refractivity contribution in [3.63, 3.8) is 0 Å². The van der Waals surface area contributed by atoms with Crippen molar-refractivity contribution in [2.45, 2.75) is 37.3 Å². The van der Waals surface area contributed by atoms with Crippen LogP contribution < -0.4 is 20.6 Å². The summed E-state index contributed by atoms with van der Waals surface area (Å²) in [6, 6.07) is 2.44. The van der Waals surface area contributed by atoms with Crippen LogP contribution in [-0.4, -0.2) is 121 Å². The van der Waals surface area contributed by atoms with Crippen molar-refractivity contribution in [1.29, 1.82) is 0 Å². The summed E-state index contributed by atoms with van der Waals surface area (Å²) in [5.41, 5.74) is -1.25. The van der Waals surface area contributed by atoms with E-state index in [2.05, 4.69) is 16.0 Å². The molecule has 18 nitrogen and oxygen atoms in total. The number of nitrogens with one attached hydrogen (secondary N) is 3. The molecule has 0 saturated carbocycles. The number of halogens is 4. The predicted molar refractivity (Wildman–Crippen MR) is 194 cm³/mol. The van der Waals surface area contributed by atoms with Gasteiger partial charge in [-0.2, -0.15) is 0 Å². The van der Waals surface area contributed by atoms with Crippen LogP contribution in [0.3, 0.4) is 0 Å². The minimum absolute atomic E-state index is 0.0459. The molecule has 3 heterocycles. The summed E-state index contributed by atoms with van der Waals surface area (Å²) in [4.78, 5) is 81.7. The van der Waals surface area contributed by atoms with Crippen LogP contribution in [0.2, 0.25) is 10.0 Å². The molecule has 6 rings (SSSR count). The van der Waals surface area contributed by atoms with Crippen molar-refractivity contribution in [1.82, 2.24) is 25.3 Å². The first-order valence-corrected chi connectivity index (χ1v) is 17.8. The SMILES string of the molecule is O=C(O)c1c(F)ccc2c1OB(O)C(NC(=O)C(NC(=O)N1CCN(C3CCN(C(=O)Nc4cccc(O)c4Cl)CC3)C(=O)C1=O)c1cc(F)c(O)c(O)c1Cl)C2. The van der Waals surface area contributed by atoms with Crippen LogP contribution in [0.4, 0.5) is 24.1 Å². The van der Waals surface area contributed by atoms with E-state index in [4.69, 9.17) is 27.9 Å². The molecular formula is C34H31BCl2F2N6O12. The van der Waals surface area contributed by atoms with Crippen LogP contribution in [0.1, 0.15) is 40.4 Å². The van der Waals surface area contributed by atoms with Gasteiger partial charge >= 0.3 is 37.0 Å². The number of rotatable bonds is 7. The Balaban J connectivity index is 1.14. The Kier molecular flexibility index (Phi) is 11.5. The Bertz CT molecular complexity index is 2200. The summed E-state index contributed by atoms with van der Waals surface area (Å²) in [5.74, 6) is -12.5. The first-order chi connectivity index (χ1) is 27.0. The number of phenolic OH excluding ortho intramolecular Hbond substituents is 3. The second kappa shape index (κ2) is 16.2. The fourth-order valence-electron chi connectivity index (χ4n) is 6.73. The van der Waals surface area contributed by atoms with Crippen molar-refractivity contribution in [3.05, 3.63) is 74.8 Å². The summed E-state index contributed by atoms with van der Waals surface area (Å²) in [6.07, 6.45) is 0.185. The van der Waals surface area contributed by atoms with Gasteiger partial charge in [0.15, 0.2) is 17.3 Å². The monoisotopic (exact) mass is 834 g/mol. The summed E-state index contributed by atoms with van der Waals surface area (Å²) < 4.78 is 34.2. The summed E-state index contributed by atoms with van der Waals surface area (Å²) >= 11 is 12.2.